The Hall–Kier alpha value is -3.47. The fraction of sp³-hybridized carbons (Fsp3) is 0.0952. The van der Waals surface area contributed by atoms with E-state index in [9.17, 15) is 0 Å². The molecule has 5 heterocycles. The first-order valence-corrected chi connectivity index (χ1v) is 8.72. The number of pyridine rings is 2. The second-order valence-corrected chi connectivity index (χ2v) is 6.68. The number of hydrogen-bond acceptors (Lipinski definition) is 2. The second kappa shape index (κ2) is 4.79. The summed E-state index contributed by atoms with van der Waals surface area (Å²) in [5.41, 5.74) is 6.85. The molecule has 4 aromatic heterocycles. The zero-order chi connectivity index (χ0) is 17.3. The number of aromatic nitrogens is 5. The number of para-hydroxylation sites is 1. The summed E-state index contributed by atoms with van der Waals surface area (Å²) in [6.07, 6.45) is 3.73. The average Bonchev–Trinajstić information content (AvgIpc) is 3.31. The van der Waals surface area contributed by atoms with Crippen molar-refractivity contribution >= 4 is 22.2 Å². The lowest BCUT2D eigenvalue weighted by Gasteiger charge is -2.03. The highest BCUT2D eigenvalue weighted by atomic mass is 15.3. The van der Waals surface area contributed by atoms with Crippen molar-refractivity contribution in [3.63, 3.8) is 0 Å². The lowest BCUT2D eigenvalue weighted by molar-refractivity contribution is -0.648. The van der Waals surface area contributed by atoms with Crippen molar-refractivity contribution < 1.29 is 4.57 Å². The van der Waals surface area contributed by atoms with Crippen LogP contribution in [0.1, 0.15) is 5.69 Å². The van der Waals surface area contributed by atoms with Gasteiger partial charge in [0.25, 0.3) is 5.65 Å². The largest absolute Gasteiger partial charge is 0.271 e. The van der Waals surface area contributed by atoms with Crippen LogP contribution in [0.4, 0.5) is 0 Å². The van der Waals surface area contributed by atoms with Crippen LogP contribution in [0.3, 0.4) is 0 Å². The Morgan fingerprint density at radius 2 is 1.73 bits per heavy atom. The van der Waals surface area contributed by atoms with Gasteiger partial charge in [0.2, 0.25) is 11.5 Å². The van der Waals surface area contributed by atoms with Gasteiger partial charge in [-0.15, -0.1) is 0 Å². The van der Waals surface area contributed by atoms with E-state index >= 15 is 0 Å². The minimum atomic E-state index is 0.784. The van der Waals surface area contributed by atoms with Crippen molar-refractivity contribution in [3.8, 4) is 17.1 Å². The van der Waals surface area contributed by atoms with Crippen molar-refractivity contribution in [3.05, 3.63) is 72.7 Å². The van der Waals surface area contributed by atoms with Gasteiger partial charge in [0.05, 0.1) is 23.7 Å². The minimum Gasteiger partial charge on any atom is -0.257 e. The monoisotopic (exact) mass is 338 g/mol. The first-order chi connectivity index (χ1) is 12.8. The van der Waals surface area contributed by atoms with Gasteiger partial charge in [-0.2, -0.15) is 0 Å². The number of nitrogens with zero attached hydrogens (tertiary/aromatic N) is 5. The number of hydrogen-bond donors (Lipinski definition) is 0. The number of aryl methyl sites for hydroxylation is 1. The maximum Gasteiger partial charge on any atom is 0.271 e. The van der Waals surface area contributed by atoms with Crippen LogP contribution in [0.5, 0.6) is 0 Å². The molecule has 0 saturated heterocycles. The van der Waals surface area contributed by atoms with Crippen molar-refractivity contribution in [2.24, 2.45) is 7.05 Å². The Morgan fingerprint density at radius 1 is 0.923 bits per heavy atom. The molecule has 0 atom stereocenters. The summed E-state index contributed by atoms with van der Waals surface area (Å²) in [6.45, 7) is 0.784. The molecule has 5 heteroatoms. The van der Waals surface area contributed by atoms with Gasteiger partial charge in [0, 0.05) is 12.4 Å². The molecule has 0 radical (unpaired) electrons. The molecule has 1 aliphatic rings. The highest BCUT2D eigenvalue weighted by molar-refractivity contribution is 6.04. The van der Waals surface area contributed by atoms with Gasteiger partial charge in [0.15, 0.2) is 5.52 Å². The van der Waals surface area contributed by atoms with Crippen LogP contribution in [0, 0.1) is 0 Å². The molecule has 0 fully saturated rings. The third kappa shape index (κ3) is 1.57. The molecule has 0 aliphatic carbocycles. The van der Waals surface area contributed by atoms with Crippen molar-refractivity contribution in [1.29, 1.82) is 0 Å². The topological polar surface area (TPSA) is 39.5 Å². The summed E-state index contributed by atoms with van der Waals surface area (Å²) in [5.74, 6) is 1.19. The van der Waals surface area contributed by atoms with Crippen LogP contribution in [-0.4, -0.2) is 19.1 Å². The zero-order valence-corrected chi connectivity index (χ0v) is 14.3. The summed E-state index contributed by atoms with van der Waals surface area (Å²) < 4.78 is 6.91. The van der Waals surface area contributed by atoms with Crippen molar-refractivity contribution in [2.75, 3.05) is 0 Å². The van der Waals surface area contributed by atoms with Crippen LogP contribution in [0.15, 0.2) is 67.0 Å². The fourth-order valence-electron chi connectivity index (χ4n) is 4.25. The number of benzene rings is 1. The predicted molar refractivity (Wildman–Crippen MR) is 100 cm³/mol. The molecular formula is C21H16N5+. The summed E-state index contributed by atoms with van der Waals surface area (Å²) in [4.78, 5) is 9.23. The fourth-order valence-corrected chi connectivity index (χ4v) is 4.25. The highest BCUT2D eigenvalue weighted by Crippen LogP contribution is 2.36. The number of fused-ring (bicyclic) bond motifs is 7. The van der Waals surface area contributed by atoms with E-state index in [2.05, 4.69) is 73.2 Å². The first kappa shape index (κ1) is 13.8. The van der Waals surface area contributed by atoms with Gasteiger partial charge in [-0.3, -0.25) is 4.98 Å². The molecular weight excluding hydrogens is 322 g/mol. The molecule has 5 nitrogen and oxygen atoms in total. The van der Waals surface area contributed by atoms with Gasteiger partial charge >= 0.3 is 0 Å². The maximum absolute atomic E-state index is 4.62. The molecule has 5 aromatic rings. The van der Waals surface area contributed by atoms with E-state index < -0.39 is 0 Å². The molecule has 0 bridgehead atoms. The summed E-state index contributed by atoms with van der Waals surface area (Å²) >= 11 is 0. The molecule has 0 N–H and O–H groups in total. The van der Waals surface area contributed by atoms with E-state index in [0.717, 1.165) is 23.6 Å². The summed E-state index contributed by atoms with van der Waals surface area (Å²) in [7, 11) is 2.09. The Bertz CT molecular complexity index is 1310. The maximum atomic E-state index is 4.62. The van der Waals surface area contributed by atoms with E-state index in [-0.39, 0.29) is 0 Å². The zero-order valence-electron chi connectivity index (χ0n) is 14.3. The third-order valence-electron chi connectivity index (χ3n) is 5.29. The lowest BCUT2D eigenvalue weighted by Crippen LogP contribution is -2.33. The Kier molecular flexibility index (Phi) is 2.54. The molecule has 0 spiro atoms. The third-order valence-corrected chi connectivity index (χ3v) is 5.29. The summed E-state index contributed by atoms with van der Waals surface area (Å²) in [6, 6.07) is 18.9. The van der Waals surface area contributed by atoms with Crippen LogP contribution in [0.2, 0.25) is 0 Å². The molecule has 6 rings (SSSR count). The van der Waals surface area contributed by atoms with Gasteiger partial charge in [-0.05, 0) is 36.4 Å². The van der Waals surface area contributed by atoms with E-state index in [1.807, 2.05) is 24.5 Å². The van der Waals surface area contributed by atoms with Crippen molar-refractivity contribution in [2.45, 2.75) is 6.54 Å². The van der Waals surface area contributed by atoms with Gasteiger partial charge in [0.1, 0.15) is 12.2 Å². The first-order valence-electron chi connectivity index (χ1n) is 8.72. The van der Waals surface area contributed by atoms with Gasteiger partial charge in [-0.25, -0.2) is 18.7 Å². The van der Waals surface area contributed by atoms with E-state index in [0.29, 0.717) is 0 Å². The van der Waals surface area contributed by atoms with Gasteiger partial charge < -0.3 is 0 Å². The molecule has 26 heavy (non-hydrogen) atoms. The molecule has 0 amide bonds. The standard InChI is InChI=1S/C21H16N5/c1-24-19-16(10-6-12-23-19)18-21(24)25-13-17-15(9-5-11-22-17)20(25)26(18)14-7-3-2-4-8-14/h2-12H,13H2,1H3/q+1. The Balaban J connectivity index is 1.87. The normalized spacial score (nSPS) is 12.7. The second-order valence-electron chi connectivity index (χ2n) is 6.68. The smallest absolute Gasteiger partial charge is 0.257 e. The molecule has 1 aromatic carbocycles. The number of imidazole rings is 1. The van der Waals surface area contributed by atoms with Crippen LogP contribution in [0.25, 0.3) is 39.3 Å². The van der Waals surface area contributed by atoms with E-state index in [1.54, 1.807) is 0 Å². The van der Waals surface area contributed by atoms with E-state index in [4.69, 9.17) is 0 Å². The quantitative estimate of drug-likeness (QED) is 0.432. The molecule has 0 unspecified atom stereocenters. The average molecular weight is 338 g/mol. The molecule has 124 valence electrons. The highest BCUT2D eigenvalue weighted by Gasteiger charge is 2.37. The lowest BCUT2D eigenvalue weighted by atomic mass is 10.2. The Labute approximate surface area is 149 Å². The molecule has 0 saturated carbocycles. The van der Waals surface area contributed by atoms with Crippen LogP contribution < -0.4 is 4.57 Å². The minimum absolute atomic E-state index is 0.784. The van der Waals surface area contributed by atoms with Crippen LogP contribution in [-0.2, 0) is 13.6 Å². The summed E-state index contributed by atoms with van der Waals surface area (Å²) in [5, 5.41) is 1.17. The SMILES string of the molecule is Cn1c2ncccc2c2c1[n+]1c(n2-c2ccccc2)-c2cccnc2C1. The van der Waals surface area contributed by atoms with Crippen LogP contribution >= 0.6 is 0 Å². The van der Waals surface area contributed by atoms with E-state index in [1.165, 1.54) is 27.9 Å². The Morgan fingerprint density at radius 3 is 2.62 bits per heavy atom. The predicted octanol–water partition coefficient (Wildman–Crippen LogP) is 3.23. The van der Waals surface area contributed by atoms with Crippen molar-refractivity contribution in [1.82, 2.24) is 19.1 Å². The number of rotatable bonds is 1. The molecule has 1 aliphatic heterocycles. The van der Waals surface area contributed by atoms with Gasteiger partial charge in [-0.1, -0.05) is 18.2 Å².